The van der Waals surface area contributed by atoms with Crippen molar-refractivity contribution in [3.05, 3.63) is 58.3 Å². The molecule has 0 bridgehead atoms. The van der Waals surface area contributed by atoms with Crippen molar-refractivity contribution in [2.75, 3.05) is 29.1 Å². The summed E-state index contributed by atoms with van der Waals surface area (Å²) in [6, 6.07) is 8.20. The minimum Gasteiger partial charge on any atom is -0.444 e. The van der Waals surface area contributed by atoms with E-state index in [0.29, 0.717) is 59.8 Å². The monoisotopic (exact) mass is 481 g/mol. The van der Waals surface area contributed by atoms with Gasteiger partial charge in [0.15, 0.2) is 0 Å². The second-order valence-electron chi connectivity index (χ2n) is 8.46. The average molecular weight is 482 g/mol. The predicted octanol–water partition coefficient (Wildman–Crippen LogP) is 2.64. The number of fused-ring (bicyclic) bond motifs is 1. The van der Waals surface area contributed by atoms with E-state index in [4.69, 9.17) is 4.74 Å². The number of nitrogens with zero attached hydrogens (tertiary/aromatic N) is 3. The molecule has 34 heavy (non-hydrogen) atoms. The number of hydrogen-bond acceptors (Lipinski definition) is 7. The van der Waals surface area contributed by atoms with Crippen LogP contribution < -0.4 is 21.1 Å². The molecule has 2 aromatic heterocycles. The summed E-state index contributed by atoms with van der Waals surface area (Å²) in [4.78, 5) is 43.0. The Morgan fingerprint density at radius 2 is 2.09 bits per heavy atom. The van der Waals surface area contributed by atoms with Crippen molar-refractivity contribution in [1.29, 1.82) is 0 Å². The van der Waals surface area contributed by atoms with E-state index in [9.17, 15) is 18.8 Å². The van der Waals surface area contributed by atoms with Crippen molar-refractivity contribution in [2.24, 2.45) is 0 Å². The molecule has 0 spiro atoms. The van der Waals surface area contributed by atoms with Crippen LogP contribution in [-0.2, 0) is 16.1 Å². The minimum atomic E-state index is -0.446. The standard InChI is InChI=1S/C23H20FN5O4S/c24-14-8-26-15-2-4-20(31)29-10-17(21(14)22(15)29)25-6-5-13-9-28(23(32)33-13)12-1-3-18-16(7-12)27-19(30)11-34-18/h1-4,7-8,13,17,25H,5-6,9-11H2,(H,27,30)/t13-,17-/m0/s1. The van der Waals surface area contributed by atoms with Crippen LogP contribution in [0.4, 0.5) is 20.6 Å². The molecule has 1 aromatic carbocycles. The summed E-state index contributed by atoms with van der Waals surface area (Å²) in [6.07, 6.45) is 0.926. The number of benzene rings is 1. The van der Waals surface area contributed by atoms with E-state index in [0.717, 1.165) is 4.90 Å². The molecule has 1 fully saturated rings. The molecule has 5 heterocycles. The van der Waals surface area contributed by atoms with Gasteiger partial charge in [0.25, 0.3) is 5.56 Å². The number of amides is 2. The number of carbonyl (C=O) groups is 2. The van der Waals surface area contributed by atoms with Crippen LogP contribution in [0, 0.1) is 5.82 Å². The molecule has 6 rings (SSSR count). The Kier molecular flexibility index (Phi) is 5.03. The number of cyclic esters (lactones) is 1. The van der Waals surface area contributed by atoms with Crippen molar-refractivity contribution in [3.8, 4) is 0 Å². The number of hydrogen-bond donors (Lipinski definition) is 2. The fourth-order valence-electron chi connectivity index (χ4n) is 4.76. The number of rotatable bonds is 5. The van der Waals surface area contributed by atoms with Crippen LogP contribution in [-0.4, -0.2) is 46.5 Å². The summed E-state index contributed by atoms with van der Waals surface area (Å²) >= 11 is 1.46. The Labute approximate surface area is 197 Å². The topological polar surface area (TPSA) is 106 Å². The molecule has 2 atom stereocenters. The Morgan fingerprint density at radius 1 is 1.21 bits per heavy atom. The van der Waals surface area contributed by atoms with Gasteiger partial charge in [0.05, 0.1) is 41.3 Å². The van der Waals surface area contributed by atoms with E-state index >= 15 is 0 Å². The lowest BCUT2D eigenvalue weighted by Gasteiger charge is -2.20. The fourth-order valence-corrected chi connectivity index (χ4v) is 5.55. The van der Waals surface area contributed by atoms with E-state index in [1.165, 1.54) is 24.0 Å². The number of carbonyl (C=O) groups excluding carboxylic acids is 2. The van der Waals surface area contributed by atoms with E-state index in [-0.39, 0.29) is 23.6 Å². The molecular formula is C23H20FN5O4S. The maximum atomic E-state index is 14.6. The van der Waals surface area contributed by atoms with E-state index in [1.54, 1.807) is 21.6 Å². The van der Waals surface area contributed by atoms with Gasteiger partial charge in [-0.25, -0.2) is 9.18 Å². The third-order valence-corrected chi connectivity index (χ3v) is 7.42. The molecule has 0 aliphatic carbocycles. The molecule has 3 aromatic rings. The van der Waals surface area contributed by atoms with E-state index in [2.05, 4.69) is 15.6 Å². The van der Waals surface area contributed by atoms with Gasteiger partial charge in [0.2, 0.25) is 5.91 Å². The normalized spacial score (nSPS) is 21.0. The van der Waals surface area contributed by atoms with Gasteiger partial charge < -0.3 is 19.9 Å². The van der Waals surface area contributed by atoms with Crippen LogP contribution in [0.5, 0.6) is 0 Å². The molecule has 1 saturated heterocycles. The zero-order valence-corrected chi connectivity index (χ0v) is 18.7. The number of nitrogens with one attached hydrogen (secondary N) is 2. The SMILES string of the molecule is O=C1CSc2ccc(N3C[C@H](CCN[C@H]4Cn5c(=O)ccc6ncc(F)c4c65)OC3=O)cc2N1. The Hall–Kier alpha value is -3.44. The molecule has 3 aliphatic heterocycles. The third kappa shape index (κ3) is 3.51. The molecule has 0 unspecified atom stereocenters. The number of halogens is 1. The molecular weight excluding hydrogens is 461 g/mol. The number of aromatic nitrogens is 2. The molecule has 9 nitrogen and oxygen atoms in total. The third-order valence-electron chi connectivity index (χ3n) is 6.34. The van der Waals surface area contributed by atoms with Crippen molar-refractivity contribution in [2.45, 2.75) is 30.0 Å². The van der Waals surface area contributed by atoms with Crippen LogP contribution in [0.15, 0.2) is 46.2 Å². The quantitative estimate of drug-likeness (QED) is 0.577. The number of thioether (sulfide) groups is 1. The molecule has 0 saturated carbocycles. The highest BCUT2D eigenvalue weighted by atomic mass is 32.2. The summed E-state index contributed by atoms with van der Waals surface area (Å²) in [5.41, 5.74) is 2.72. The van der Waals surface area contributed by atoms with Gasteiger partial charge in [0, 0.05) is 28.8 Å². The van der Waals surface area contributed by atoms with Gasteiger partial charge >= 0.3 is 6.09 Å². The first kappa shape index (κ1) is 21.1. The first-order valence-corrected chi connectivity index (χ1v) is 11.9. The van der Waals surface area contributed by atoms with Gasteiger partial charge in [0.1, 0.15) is 11.9 Å². The first-order chi connectivity index (χ1) is 16.5. The van der Waals surface area contributed by atoms with Gasteiger partial charge in [-0.1, -0.05) is 0 Å². The van der Waals surface area contributed by atoms with E-state index in [1.807, 2.05) is 12.1 Å². The largest absolute Gasteiger partial charge is 0.444 e. The fraction of sp³-hybridized carbons (Fsp3) is 0.304. The van der Waals surface area contributed by atoms with Crippen LogP contribution >= 0.6 is 11.8 Å². The summed E-state index contributed by atoms with van der Waals surface area (Å²) in [6.45, 7) is 1.17. The van der Waals surface area contributed by atoms with Crippen LogP contribution in [0.25, 0.3) is 11.0 Å². The van der Waals surface area contributed by atoms with Crippen molar-refractivity contribution in [3.63, 3.8) is 0 Å². The van der Waals surface area contributed by atoms with Crippen LogP contribution in [0.2, 0.25) is 0 Å². The van der Waals surface area contributed by atoms with Crippen LogP contribution in [0.3, 0.4) is 0 Å². The summed E-state index contributed by atoms with van der Waals surface area (Å²) in [5, 5.41) is 6.14. The molecule has 3 aliphatic rings. The zero-order chi connectivity index (χ0) is 23.4. The smallest absolute Gasteiger partial charge is 0.414 e. The predicted molar refractivity (Wildman–Crippen MR) is 125 cm³/mol. The Bertz CT molecular complexity index is 1410. The zero-order valence-electron chi connectivity index (χ0n) is 17.9. The number of anilines is 2. The lowest BCUT2D eigenvalue weighted by atomic mass is 10.1. The van der Waals surface area contributed by atoms with Crippen molar-refractivity contribution in [1.82, 2.24) is 14.9 Å². The summed E-state index contributed by atoms with van der Waals surface area (Å²) in [5.74, 6) is -0.136. The Morgan fingerprint density at radius 3 is 2.97 bits per heavy atom. The van der Waals surface area contributed by atoms with E-state index < -0.39 is 11.9 Å². The maximum absolute atomic E-state index is 14.6. The Balaban J connectivity index is 1.12. The second-order valence-corrected chi connectivity index (χ2v) is 9.48. The molecule has 11 heteroatoms. The number of pyridine rings is 2. The van der Waals surface area contributed by atoms with Crippen molar-refractivity contribution >= 4 is 46.2 Å². The molecule has 174 valence electrons. The highest BCUT2D eigenvalue weighted by molar-refractivity contribution is 8.00. The average Bonchev–Trinajstić information content (AvgIpc) is 3.39. The molecule has 2 amide bonds. The van der Waals surface area contributed by atoms with Gasteiger partial charge in [-0.05, 0) is 37.2 Å². The lowest BCUT2D eigenvalue weighted by molar-refractivity contribution is -0.113. The number of ether oxygens (including phenoxy) is 1. The summed E-state index contributed by atoms with van der Waals surface area (Å²) in [7, 11) is 0. The minimum absolute atomic E-state index is 0.0677. The maximum Gasteiger partial charge on any atom is 0.414 e. The van der Waals surface area contributed by atoms with Crippen molar-refractivity contribution < 1.29 is 18.7 Å². The van der Waals surface area contributed by atoms with Crippen LogP contribution in [0.1, 0.15) is 18.0 Å². The lowest BCUT2D eigenvalue weighted by Crippen LogP contribution is -2.29. The molecule has 2 N–H and O–H groups in total. The highest BCUT2D eigenvalue weighted by Crippen LogP contribution is 2.36. The summed E-state index contributed by atoms with van der Waals surface area (Å²) < 4.78 is 21.7. The van der Waals surface area contributed by atoms with Gasteiger partial charge in [-0.15, -0.1) is 11.8 Å². The molecule has 0 radical (unpaired) electrons. The highest BCUT2D eigenvalue weighted by Gasteiger charge is 2.34. The van der Waals surface area contributed by atoms with Gasteiger partial charge in [-0.2, -0.15) is 0 Å². The van der Waals surface area contributed by atoms with Gasteiger partial charge in [-0.3, -0.25) is 19.5 Å². The second kappa shape index (κ2) is 8.10. The first-order valence-electron chi connectivity index (χ1n) is 10.9.